The lowest BCUT2D eigenvalue weighted by atomic mass is 9.87. The number of ether oxygens (including phenoxy) is 3. The molecule has 0 bridgehead atoms. The van der Waals surface area contributed by atoms with Gasteiger partial charge in [0, 0.05) is 6.42 Å². The van der Waals surface area contributed by atoms with E-state index in [0.29, 0.717) is 33.9 Å². The van der Waals surface area contributed by atoms with E-state index in [1.165, 1.54) is 17.3 Å². The predicted molar refractivity (Wildman–Crippen MR) is 130 cm³/mol. The molecule has 1 aliphatic rings. The van der Waals surface area contributed by atoms with Gasteiger partial charge in [0.05, 0.1) is 25.2 Å². The van der Waals surface area contributed by atoms with E-state index in [1.807, 2.05) is 30.3 Å². The Kier molecular flexibility index (Phi) is 7.62. The summed E-state index contributed by atoms with van der Waals surface area (Å²) in [4.78, 5) is 12.4. The molecule has 0 radical (unpaired) electrons. The Morgan fingerprint density at radius 2 is 1.74 bits per heavy atom. The maximum atomic E-state index is 11.8. The number of thioether (sulfide) groups is 1. The van der Waals surface area contributed by atoms with Gasteiger partial charge in [-0.15, -0.1) is 0 Å². The first-order valence-electron chi connectivity index (χ1n) is 10.1. The third-order valence-corrected chi connectivity index (χ3v) is 5.83. The summed E-state index contributed by atoms with van der Waals surface area (Å²) >= 11 is 6.27. The fraction of sp³-hybridized carbons (Fsp3) is 0.333. The number of carbonyl (C=O) groups is 1. The summed E-state index contributed by atoms with van der Waals surface area (Å²) in [6.45, 7) is 7.64. The number of methoxy groups -OCH3 is 1. The zero-order valence-corrected chi connectivity index (χ0v) is 19.8. The van der Waals surface area contributed by atoms with E-state index in [4.69, 9.17) is 26.4 Å². The van der Waals surface area contributed by atoms with Crippen LogP contribution in [0.4, 0.5) is 0 Å². The Morgan fingerprint density at radius 1 is 1.03 bits per heavy atom. The zero-order valence-electron chi connectivity index (χ0n) is 18.2. The third-order valence-electron chi connectivity index (χ3n) is 4.66. The van der Waals surface area contributed by atoms with Crippen LogP contribution in [0.15, 0.2) is 47.4 Å². The van der Waals surface area contributed by atoms with Crippen LogP contribution in [0.3, 0.4) is 0 Å². The normalized spacial score (nSPS) is 15.2. The smallest absolute Gasteiger partial charge is 0.263 e. The number of nitrogens with one attached hydrogen (secondary N) is 1. The monoisotopic (exact) mass is 457 g/mol. The first kappa shape index (κ1) is 23.2. The van der Waals surface area contributed by atoms with Crippen LogP contribution in [-0.4, -0.2) is 30.6 Å². The van der Waals surface area contributed by atoms with Gasteiger partial charge in [-0.25, -0.2) is 0 Å². The summed E-state index contributed by atoms with van der Waals surface area (Å²) < 4.78 is 17.6. The van der Waals surface area contributed by atoms with Crippen molar-refractivity contribution in [1.29, 1.82) is 0 Å². The molecule has 2 aromatic carbocycles. The average Bonchev–Trinajstić information content (AvgIpc) is 3.04. The Labute approximate surface area is 193 Å². The lowest BCUT2D eigenvalue weighted by molar-refractivity contribution is -0.115. The molecule has 0 spiro atoms. The number of amides is 1. The largest absolute Gasteiger partial charge is 0.493 e. The SMILES string of the molecule is COc1cc(/C=C2\SC(=S)NC2=O)ccc1OCCCOc1ccc(C(C)(C)C)cc1. The number of hydrogen-bond acceptors (Lipinski definition) is 6. The van der Waals surface area contributed by atoms with Crippen molar-refractivity contribution in [1.82, 2.24) is 5.32 Å². The van der Waals surface area contributed by atoms with Crippen LogP contribution in [0.2, 0.25) is 0 Å². The summed E-state index contributed by atoms with van der Waals surface area (Å²) in [5.41, 5.74) is 2.25. The highest BCUT2D eigenvalue weighted by Crippen LogP contribution is 2.31. The molecule has 0 aliphatic carbocycles. The molecule has 1 saturated heterocycles. The fourth-order valence-corrected chi connectivity index (χ4v) is 3.99. The molecule has 0 aromatic heterocycles. The molecule has 2 aromatic rings. The Bertz CT molecular complexity index is 978. The first-order chi connectivity index (χ1) is 14.8. The van der Waals surface area contributed by atoms with Crippen LogP contribution in [0.5, 0.6) is 17.2 Å². The second-order valence-corrected chi connectivity index (χ2v) is 9.81. The van der Waals surface area contributed by atoms with E-state index < -0.39 is 0 Å². The van der Waals surface area contributed by atoms with Gasteiger partial charge >= 0.3 is 0 Å². The molecule has 1 amide bonds. The highest BCUT2D eigenvalue weighted by atomic mass is 32.2. The summed E-state index contributed by atoms with van der Waals surface area (Å²) in [5.74, 6) is 1.94. The Morgan fingerprint density at radius 3 is 2.35 bits per heavy atom. The van der Waals surface area contributed by atoms with E-state index in [0.717, 1.165) is 17.7 Å². The van der Waals surface area contributed by atoms with E-state index in [1.54, 1.807) is 13.2 Å². The third kappa shape index (κ3) is 6.48. The van der Waals surface area contributed by atoms with E-state index in [2.05, 4.69) is 38.2 Å². The van der Waals surface area contributed by atoms with Gasteiger partial charge in [0.2, 0.25) is 0 Å². The van der Waals surface area contributed by atoms with Crippen molar-refractivity contribution in [3.05, 3.63) is 58.5 Å². The minimum Gasteiger partial charge on any atom is -0.493 e. The van der Waals surface area contributed by atoms with Crippen LogP contribution in [0.1, 0.15) is 38.3 Å². The van der Waals surface area contributed by atoms with Crippen LogP contribution < -0.4 is 19.5 Å². The minimum atomic E-state index is -0.178. The van der Waals surface area contributed by atoms with E-state index >= 15 is 0 Å². The lowest BCUT2D eigenvalue weighted by Crippen LogP contribution is -2.17. The summed E-state index contributed by atoms with van der Waals surface area (Å²) in [6.07, 6.45) is 2.52. The molecular weight excluding hydrogens is 430 g/mol. The van der Waals surface area contributed by atoms with Crippen molar-refractivity contribution in [2.75, 3.05) is 20.3 Å². The molecule has 1 heterocycles. The van der Waals surface area contributed by atoms with Crippen molar-refractivity contribution in [2.45, 2.75) is 32.6 Å². The second kappa shape index (κ2) is 10.2. The van der Waals surface area contributed by atoms with Gasteiger partial charge in [0.1, 0.15) is 10.1 Å². The van der Waals surface area contributed by atoms with Crippen molar-refractivity contribution < 1.29 is 19.0 Å². The topological polar surface area (TPSA) is 56.8 Å². The van der Waals surface area contributed by atoms with Gasteiger partial charge in [0.25, 0.3) is 5.91 Å². The summed E-state index contributed by atoms with van der Waals surface area (Å²) in [7, 11) is 1.59. The van der Waals surface area contributed by atoms with Crippen molar-refractivity contribution in [2.24, 2.45) is 0 Å². The Hall–Kier alpha value is -2.51. The molecule has 0 atom stereocenters. The second-order valence-electron chi connectivity index (χ2n) is 8.09. The van der Waals surface area contributed by atoms with Crippen molar-refractivity contribution in [3.8, 4) is 17.2 Å². The summed E-state index contributed by atoms with van der Waals surface area (Å²) in [6, 6.07) is 13.8. The van der Waals surface area contributed by atoms with Crippen LogP contribution in [0.25, 0.3) is 6.08 Å². The number of thiocarbonyl (C=S) groups is 1. The molecule has 0 saturated carbocycles. The zero-order chi connectivity index (χ0) is 22.4. The molecular formula is C24H27NO4S2. The molecule has 0 unspecified atom stereocenters. The lowest BCUT2D eigenvalue weighted by Gasteiger charge is -2.19. The molecule has 3 rings (SSSR count). The standard InChI is InChI=1S/C24H27NO4S2/c1-24(2,3)17-7-9-18(10-8-17)28-12-5-13-29-19-11-6-16(14-20(19)27-4)15-21-22(26)25-23(30)31-21/h6-11,14-15H,5,12-13H2,1-4H3,(H,25,26,30)/b21-15-. The number of benzene rings is 2. The van der Waals surface area contributed by atoms with Crippen LogP contribution in [0, 0.1) is 0 Å². The molecule has 1 fully saturated rings. The quantitative estimate of drug-likeness (QED) is 0.329. The molecule has 1 N–H and O–H groups in total. The molecule has 1 aliphatic heterocycles. The molecule has 5 nitrogen and oxygen atoms in total. The van der Waals surface area contributed by atoms with Gasteiger partial charge in [-0.05, 0) is 46.9 Å². The maximum Gasteiger partial charge on any atom is 0.263 e. The van der Waals surface area contributed by atoms with Crippen LogP contribution >= 0.6 is 24.0 Å². The van der Waals surface area contributed by atoms with Gasteiger partial charge in [0.15, 0.2) is 11.5 Å². The predicted octanol–water partition coefficient (Wildman–Crippen LogP) is 5.33. The first-order valence-corrected chi connectivity index (χ1v) is 11.3. The highest BCUT2D eigenvalue weighted by Gasteiger charge is 2.22. The van der Waals surface area contributed by atoms with Gasteiger partial charge in [-0.1, -0.05) is 63.0 Å². The van der Waals surface area contributed by atoms with E-state index in [-0.39, 0.29) is 11.3 Å². The van der Waals surface area contributed by atoms with Crippen LogP contribution in [-0.2, 0) is 10.2 Å². The highest BCUT2D eigenvalue weighted by molar-refractivity contribution is 8.26. The van der Waals surface area contributed by atoms with E-state index in [9.17, 15) is 4.79 Å². The van der Waals surface area contributed by atoms with Crippen molar-refractivity contribution >= 4 is 40.3 Å². The summed E-state index contributed by atoms with van der Waals surface area (Å²) in [5, 5.41) is 2.61. The van der Waals surface area contributed by atoms with Gasteiger partial charge in [-0.2, -0.15) is 0 Å². The molecule has 31 heavy (non-hydrogen) atoms. The molecule has 164 valence electrons. The maximum absolute atomic E-state index is 11.8. The van der Waals surface area contributed by atoms with Gasteiger partial charge < -0.3 is 19.5 Å². The number of hydrogen-bond donors (Lipinski definition) is 1. The number of carbonyl (C=O) groups excluding carboxylic acids is 1. The van der Waals surface area contributed by atoms with Gasteiger partial charge in [-0.3, -0.25) is 4.79 Å². The average molecular weight is 458 g/mol. The molecule has 7 heteroatoms. The van der Waals surface area contributed by atoms with Crippen molar-refractivity contribution in [3.63, 3.8) is 0 Å². The fourth-order valence-electron chi connectivity index (χ4n) is 2.95. The Balaban J connectivity index is 1.49. The minimum absolute atomic E-state index is 0.131. The number of rotatable bonds is 8.